The van der Waals surface area contributed by atoms with Crippen LogP contribution in [-0.2, 0) is 9.53 Å². The second-order valence-corrected chi connectivity index (χ2v) is 5.65. The van der Waals surface area contributed by atoms with E-state index in [1.807, 2.05) is 54.6 Å². The molecular formula is C19H19N3O3. The Balaban J connectivity index is 2.07. The first-order valence-corrected chi connectivity index (χ1v) is 7.87. The molecule has 0 radical (unpaired) electrons. The molecule has 1 heterocycles. The molecule has 2 aromatic carbocycles. The van der Waals surface area contributed by atoms with Crippen LogP contribution in [-0.4, -0.2) is 19.1 Å². The Morgan fingerprint density at radius 3 is 2.48 bits per heavy atom. The van der Waals surface area contributed by atoms with Crippen molar-refractivity contribution < 1.29 is 14.3 Å². The maximum atomic E-state index is 12.6. The van der Waals surface area contributed by atoms with Gasteiger partial charge in [-0.05, 0) is 18.6 Å². The van der Waals surface area contributed by atoms with E-state index in [1.165, 1.54) is 7.11 Å². The zero-order valence-corrected chi connectivity index (χ0v) is 14.0. The van der Waals surface area contributed by atoms with Crippen molar-refractivity contribution in [2.45, 2.75) is 13.0 Å². The van der Waals surface area contributed by atoms with E-state index in [2.05, 4.69) is 20.7 Å². The average molecular weight is 337 g/mol. The molecule has 0 aliphatic carbocycles. The summed E-state index contributed by atoms with van der Waals surface area (Å²) >= 11 is 0. The van der Waals surface area contributed by atoms with Crippen LogP contribution in [0.1, 0.15) is 24.1 Å². The standard InChI is InChI=1S/C19H19N3O3/c1-12(20-19(24)25-2)16-18(23)21-15-11-7-6-10-14(15)17(22-16)13-8-4-3-5-9-13/h3-11,17,22H,1-2H3,(H,20,24)(H,21,23)/b16-12-/t17-/m0/s1. The zero-order valence-electron chi connectivity index (χ0n) is 14.0. The van der Waals surface area contributed by atoms with Crippen LogP contribution in [0.3, 0.4) is 0 Å². The summed E-state index contributed by atoms with van der Waals surface area (Å²) in [4.78, 5) is 24.1. The van der Waals surface area contributed by atoms with E-state index >= 15 is 0 Å². The SMILES string of the molecule is COC(=O)N/C(C)=C1\N[C@@H](c2ccccc2)c2ccccc2NC1=O. The molecule has 1 aliphatic rings. The molecule has 0 unspecified atom stereocenters. The van der Waals surface area contributed by atoms with Gasteiger partial charge < -0.3 is 15.4 Å². The van der Waals surface area contributed by atoms with Crippen LogP contribution in [0.2, 0.25) is 0 Å². The molecule has 2 amide bonds. The van der Waals surface area contributed by atoms with Gasteiger partial charge in [0, 0.05) is 16.9 Å². The molecule has 3 rings (SSSR count). The predicted molar refractivity (Wildman–Crippen MR) is 94.7 cm³/mol. The van der Waals surface area contributed by atoms with Crippen molar-refractivity contribution >= 4 is 17.7 Å². The van der Waals surface area contributed by atoms with Crippen molar-refractivity contribution in [2.75, 3.05) is 12.4 Å². The Morgan fingerprint density at radius 2 is 1.76 bits per heavy atom. The topological polar surface area (TPSA) is 79.5 Å². The van der Waals surface area contributed by atoms with Crippen molar-refractivity contribution in [2.24, 2.45) is 0 Å². The minimum Gasteiger partial charge on any atom is -0.453 e. The number of methoxy groups -OCH3 is 1. The van der Waals surface area contributed by atoms with E-state index < -0.39 is 6.09 Å². The zero-order chi connectivity index (χ0) is 17.8. The van der Waals surface area contributed by atoms with Gasteiger partial charge in [0.05, 0.1) is 13.2 Å². The van der Waals surface area contributed by atoms with Crippen molar-refractivity contribution in [3.05, 3.63) is 77.1 Å². The lowest BCUT2D eigenvalue weighted by atomic mass is 9.97. The van der Waals surface area contributed by atoms with Crippen molar-refractivity contribution in [1.29, 1.82) is 0 Å². The molecule has 0 spiro atoms. The van der Waals surface area contributed by atoms with E-state index in [4.69, 9.17) is 0 Å². The third-order valence-electron chi connectivity index (χ3n) is 4.02. The molecule has 0 fully saturated rings. The van der Waals surface area contributed by atoms with Gasteiger partial charge in [0.1, 0.15) is 5.70 Å². The highest BCUT2D eigenvalue weighted by Gasteiger charge is 2.27. The summed E-state index contributed by atoms with van der Waals surface area (Å²) in [5.74, 6) is -0.320. The number of ether oxygens (including phenoxy) is 1. The van der Waals surface area contributed by atoms with E-state index in [0.717, 1.165) is 16.8 Å². The maximum Gasteiger partial charge on any atom is 0.411 e. The number of hydrogen-bond donors (Lipinski definition) is 3. The maximum absolute atomic E-state index is 12.6. The summed E-state index contributed by atoms with van der Waals surface area (Å²) in [7, 11) is 1.27. The van der Waals surface area contributed by atoms with Crippen LogP contribution >= 0.6 is 0 Å². The fraction of sp³-hybridized carbons (Fsp3) is 0.158. The molecule has 128 valence electrons. The first-order valence-electron chi connectivity index (χ1n) is 7.87. The molecule has 0 saturated carbocycles. The lowest BCUT2D eigenvalue weighted by Gasteiger charge is -2.21. The lowest BCUT2D eigenvalue weighted by Crippen LogP contribution is -2.32. The number of benzene rings is 2. The second-order valence-electron chi connectivity index (χ2n) is 5.65. The van der Waals surface area contributed by atoms with Gasteiger partial charge in [0.2, 0.25) is 0 Å². The summed E-state index contributed by atoms with van der Waals surface area (Å²) < 4.78 is 4.61. The number of amides is 2. The van der Waals surface area contributed by atoms with Gasteiger partial charge in [-0.3, -0.25) is 10.1 Å². The Kier molecular flexibility index (Phi) is 4.70. The molecule has 1 atom stereocenters. The summed E-state index contributed by atoms with van der Waals surface area (Å²) in [5, 5.41) is 8.71. The van der Waals surface area contributed by atoms with Gasteiger partial charge in [0.25, 0.3) is 5.91 Å². The summed E-state index contributed by atoms with van der Waals surface area (Å²) in [6, 6.07) is 17.2. The molecule has 25 heavy (non-hydrogen) atoms. The van der Waals surface area contributed by atoms with Crippen LogP contribution in [0.25, 0.3) is 0 Å². The molecule has 3 N–H and O–H groups in total. The Labute approximate surface area is 145 Å². The van der Waals surface area contributed by atoms with E-state index in [9.17, 15) is 9.59 Å². The van der Waals surface area contributed by atoms with Crippen LogP contribution in [0, 0.1) is 0 Å². The summed E-state index contributed by atoms with van der Waals surface area (Å²) in [6.07, 6.45) is -0.627. The number of anilines is 1. The van der Waals surface area contributed by atoms with Gasteiger partial charge in [-0.25, -0.2) is 4.79 Å². The number of alkyl carbamates (subject to hydrolysis) is 1. The molecule has 6 nitrogen and oxygen atoms in total. The largest absolute Gasteiger partial charge is 0.453 e. The second kappa shape index (κ2) is 7.09. The van der Waals surface area contributed by atoms with Crippen molar-refractivity contribution in [3.63, 3.8) is 0 Å². The molecular weight excluding hydrogens is 318 g/mol. The molecule has 0 bridgehead atoms. The highest BCUT2D eigenvalue weighted by Crippen LogP contribution is 2.32. The molecule has 0 saturated heterocycles. The number of para-hydroxylation sites is 1. The van der Waals surface area contributed by atoms with Crippen molar-refractivity contribution in [1.82, 2.24) is 10.6 Å². The highest BCUT2D eigenvalue weighted by molar-refractivity contribution is 6.05. The van der Waals surface area contributed by atoms with E-state index in [1.54, 1.807) is 6.92 Å². The quantitative estimate of drug-likeness (QED) is 0.736. The van der Waals surface area contributed by atoms with Crippen LogP contribution < -0.4 is 16.0 Å². The molecule has 6 heteroatoms. The number of carbonyl (C=O) groups excluding carboxylic acids is 2. The van der Waals surface area contributed by atoms with Gasteiger partial charge in [0.15, 0.2) is 0 Å². The molecule has 2 aromatic rings. The normalized spacial score (nSPS) is 18.2. The van der Waals surface area contributed by atoms with Gasteiger partial charge in [-0.1, -0.05) is 48.5 Å². The minimum absolute atomic E-state index is 0.235. The predicted octanol–water partition coefficient (Wildman–Crippen LogP) is 2.91. The van der Waals surface area contributed by atoms with Crippen LogP contribution in [0.4, 0.5) is 10.5 Å². The monoisotopic (exact) mass is 337 g/mol. The summed E-state index contributed by atoms with van der Waals surface area (Å²) in [5.41, 5.74) is 3.36. The highest BCUT2D eigenvalue weighted by atomic mass is 16.5. The van der Waals surface area contributed by atoms with E-state index in [-0.39, 0.29) is 17.6 Å². The van der Waals surface area contributed by atoms with Crippen LogP contribution in [0.5, 0.6) is 0 Å². The fourth-order valence-electron chi connectivity index (χ4n) is 2.79. The number of allylic oxidation sites excluding steroid dienone is 1. The number of fused-ring (bicyclic) bond motifs is 1. The van der Waals surface area contributed by atoms with Gasteiger partial charge in [-0.2, -0.15) is 0 Å². The molecule has 1 aliphatic heterocycles. The number of nitrogens with one attached hydrogen (secondary N) is 3. The first-order chi connectivity index (χ1) is 12.1. The number of carbonyl (C=O) groups is 2. The van der Waals surface area contributed by atoms with Gasteiger partial charge in [-0.15, -0.1) is 0 Å². The smallest absolute Gasteiger partial charge is 0.411 e. The summed E-state index contributed by atoms with van der Waals surface area (Å²) in [6.45, 7) is 1.65. The van der Waals surface area contributed by atoms with Crippen molar-refractivity contribution in [3.8, 4) is 0 Å². The number of hydrogen-bond acceptors (Lipinski definition) is 4. The van der Waals surface area contributed by atoms with E-state index in [0.29, 0.717) is 5.70 Å². The third kappa shape index (κ3) is 3.47. The third-order valence-corrected chi connectivity index (χ3v) is 4.02. The Hall–Kier alpha value is -3.28. The number of rotatable bonds is 2. The Bertz CT molecular complexity index is 831. The average Bonchev–Trinajstić information content (AvgIpc) is 2.78. The first kappa shape index (κ1) is 16.6. The minimum atomic E-state index is -0.627. The lowest BCUT2D eigenvalue weighted by molar-refractivity contribution is -0.113. The Morgan fingerprint density at radius 1 is 1.08 bits per heavy atom. The molecule has 0 aromatic heterocycles. The fourth-order valence-corrected chi connectivity index (χ4v) is 2.79. The van der Waals surface area contributed by atoms with Crippen LogP contribution in [0.15, 0.2) is 66.0 Å². The van der Waals surface area contributed by atoms with Gasteiger partial charge >= 0.3 is 6.09 Å².